The van der Waals surface area contributed by atoms with Crippen LogP contribution in [-0.4, -0.2) is 34.5 Å². The van der Waals surface area contributed by atoms with Crippen molar-refractivity contribution in [1.82, 2.24) is 19.6 Å². The molecule has 9 heteroatoms. The first-order valence-corrected chi connectivity index (χ1v) is 11.2. The Kier molecular flexibility index (Phi) is 5.15. The van der Waals surface area contributed by atoms with Crippen molar-refractivity contribution < 1.29 is 12.8 Å². The molecule has 0 unspecified atom stereocenters. The third kappa shape index (κ3) is 3.28. The van der Waals surface area contributed by atoms with E-state index in [4.69, 9.17) is 0 Å². The number of anilines is 1. The normalized spacial score (nSPS) is 12.2. The monoisotopic (exact) mass is 427 g/mol. The zero-order chi connectivity index (χ0) is 21.5. The van der Waals surface area contributed by atoms with E-state index in [1.54, 1.807) is 0 Å². The van der Waals surface area contributed by atoms with E-state index in [9.17, 15) is 12.8 Å². The molecule has 0 aliphatic heterocycles. The Bertz CT molecular complexity index is 1320. The fraction of sp³-hybridized carbons (Fsp3) is 0.286. The van der Waals surface area contributed by atoms with Gasteiger partial charge in [-0.15, -0.1) is 10.2 Å². The summed E-state index contributed by atoms with van der Waals surface area (Å²) in [7, 11) is -3.98. The van der Waals surface area contributed by atoms with Crippen LogP contribution in [0.2, 0.25) is 0 Å². The van der Waals surface area contributed by atoms with Crippen LogP contribution in [0.4, 0.5) is 10.2 Å². The van der Waals surface area contributed by atoms with Crippen LogP contribution in [-0.2, 0) is 10.0 Å². The van der Waals surface area contributed by atoms with Gasteiger partial charge >= 0.3 is 0 Å². The number of sulfonamides is 1. The maximum Gasteiger partial charge on any atom is 0.265 e. The minimum absolute atomic E-state index is 0.00550. The van der Waals surface area contributed by atoms with Gasteiger partial charge < -0.3 is 0 Å². The molecule has 4 rings (SSSR count). The molecule has 0 saturated carbocycles. The second-order valence-corrected chi connectivity index (χ2v) is 9.19. The molecular formula is C21H22FN5O2S. The topological polar surface area (TPSA) is 80.5 Å². The van der Waals surface area contributed by atoms with Gasteiger partial charge in [-0.25, -0.2) is 22.1 Å². The summed E-state index contributed by atoms with van der Waals surface area (Å²) in [6, 6.07) is 12.3. The SMILES string of the molecule is CCCN(c1nc2ccccc2n2c(C(C)C)nnc12)S(=O)(=O)c1ccc(F)cc1. The van der Waals surface area contributed by atoms with Crippen molar-refractivity contribution in [2.75, 3.05) is 10.8 Å². The van der Waals surface area contributed by atoms with Crippen LogP contribution in [0.1, 0.15) is 38.9 Å². The molecule has 0 aliphatic rings. The summed E-state index contributed by atoms with van der Waals surface area (Å²) in [5.41, 5.74) is 1.81. The lowest BCUT2D eigenvalue weighted by molar-refractivity contribution is 0.588. The van der Waals surface area contributed by atoms with E-state index in [0.717, 1.165) is 23.5 Å². The Morgan fingerprint density at radius 1 is 1.07 bits per heavy atom. The summed E-state index contributed by atoms with van der Waals surface area (Å²) in [6.07, 6.45) is 0.562. The number of hydrogen-bond donors (Lipinski definition) is 0. The molecule has 0 bridgehead atoms. The summed E-state index contributed by atoms with van der Waals surface area (Å²) < 4.78 is 43.4. The molecule has 156 valence electrons. The standard InChI is InChI=1S/C21H22FN5O2S/c1-4-13-26(30(28,29)16-11-9-15(22)10-12-16)20-21-25-24-19(14(2)3)27(21)18-8-6-5-7-17(18)23-20/h5-12,14H,4,13H2,1-3H3. The van der Waals surface area contributed by atoms with Gasteiger partial charge in [0.2, 0.25) is 5.65 Å². The summed E-state index contributed by atoms with van der Waals surface area (Å²) in [4.78, 5) is 4.65. The van der Waals surface area contributed by atoms with Crippen LogP contribution in [0.5, 0.6) is 0 Å². The second kappa shape index (κ2) is 7.64. The van der Waals surface area contributed by atoms with Crippen LogP contribution in [0, 0.1) is 5.82 Å². The van der Waals surface area contributed by atoms with Gasteiger partial charge in [-0.3, -0.25) is 4.40 Å². The molecular weight excluding hydrogens is 405 g/mol. The van der Waals surface area contributed by atoms with E-state index in [-0.39, 0.29) is 23.2 Å². The molecule has 30 heavy (non-hydrogen) atoms. The Balaban J connectivity index is 2.02. The maximum absolute atomic E-state index is 13.5. The maximum atomic E-state index is 13.5. The lowest BCUT2D eigenvalue weighted by Crippen LogP contribution is -2.33. The predicted octanol–water partition coefficient (Wildman–Crippen LogP) is 4.15. The fourth-order valence-corrected chi connectivity index (χ4v) is 4.92. The van der Waals surface area contributed by atoms with Crippen LogP contribution in [0.25, 0.3) is 16.7 Å². The quantitative estimate of drug-likeness (QED) is 0.462. The first-order chi connectivity index (χ1) is 14.3. The molecule has 4 aromatic rings. The average Bonchev–Trinajstić information content (AvgIpc) is 3.18. The van der Waals surface area contributed by atoms with Gasteiger partial charge in [-0.1, -0.05) is 32.9 Å². The smallest absolute Gasteiger partial charge is 0.265 e. The molecule has 7 nitrogen and oxygen atoms in total. The highest BCUT2D eigenvalue weighted by Crippen LogP contribution is 2.30. The molecule has 2 heterocycles. The highest BCUT2D eigenvalue weighted by Gasteiger charge is 2.29. The van der Waals surface area contributed by atoms with Crippen LogP contribution < -0.4 is 4.31 Å². The number of hydrogen-bond acceptors (Lipinski definition) is 5. The molecule has 0 atom stereocenters. The molecule has 2 aromatic heterocycles. The largest absolute Gasteiger partial charge is 0.274 e. The van der Waals surface area contributed by atoms with Crippen molar-refractivity contribution in [3.63, 3.8) is 0 Å². The Labute approximate surface area is 174 Å². The number of aromatic nitrogens is 4. The summed E-state index contributed by atoms with van der Waals surface area (Å²) in [5.74, 6) is 0.507. The van der Waals surface area contributed by atoms with Gasteiger partial charge in [0, 0.05) is 12.5 Å². The molecule has 0 aliphatic carbocycles. The van der Waals surface area contributed by atoms with Gasteiger partial charge in [0.25, 0.3) is 10.0 Å². The van der Waals surface area contributed by atoms with Crippen molar-refractivity contribution in [3.8, 4) is 0 Å². The van der Waals surface area contributed by atoms with E-state index in [2.05, 4.69) is 15.2 Å². The Hall–Kier alpha value is -3.07. The molecule has 0 fully saturated rings. The van der Waals surface area contributed by atoms with Crippen molar-refractivity contribution in [1.29, 1.82) is 0 Å². The summed E-state index contributed by atoms with van der Waals surface area (Å²) in [6.45, 7) is 6.09. The average molecular weight is 428 g/mol. The molecule has 0 saturated heterocycles. The molecule has 0 spiro atoms. The molecule has 0 radical (unpaired) electrons. The van der Waals surface area contributed by atoms with E-state index < -0.39 is 15.8 Å². The number of para-hydroxylation sites is 2. The van der Waals surface area contributed by atoms with E-state index in [1.165, 1.54) is 16.4 Å². The predicted molar refractivity (Wildman–Crippen MR) is 114 cm³/mol. The lowest BCUT2D eigenvalue weighted by Gasteiger charge is -2.24. The molecule has 2 aromatic carbocycles. The first kappa shape index (κ1) is 20.2. The zero-order valence-electron chi connectivity index (χ0n) is 16.9. The summed E-state index contributed by atoms with van der Waals surface area (Å²) >= 11 is 0. The number of benzene rings is 2. The third-order valence-corrected chi connectivity index (χ3v) is 6.62. The minimum atomic E-state index is -3.98. The van der Waals surface area contributed by atoms with Crippen molar-refractivity contribution in [2.24, 2.45) is 0 Å². The fourth-order valence-electron chi connectivity index (χ4n) is 3.41. The second-order valence-electron chi connectivity index (χ2n) is 7.33. The van der Waals surface area contributed by atoms with Gasteiger partial charge in [-0.05, 0) is 42.8 Å². The zero-order valence-corrected chi connectivity index (χ0v) is 17.8. The number of fused-ring (bicyclic) bond motifs is 3. The minimum Gasteiger partial charge on any atom is -0.274 e. The van der Waals surface area contributed by atoms with Gasteiger partial charge in [-0.2, -0.15) is 0 Å². The van der Waals surface area contributed by atoms with Gasteiger partial charge in [0.15, 0.2) is 5.82 Å². The molecule has 0 amide bonds. The lowest BCUT2D eigenvalue weighted by atomic mass is 10.2. The number of nitrogens with zero attached hydrogens (tertiary/aromatic N) is 5. The molecule has 0 N–H and O–H groups in total. The van der Waals surface area contributed by atoms with Gasteiger partial charge in [0.05, 0.1) is 15.9 Å². The third-order valence-electron chi connectivity index (χ3n) is 4.82. The van der Waals surface area contributed by atoms with Crippen LogP contribution in [0.3, 0.4) is 0 Å². The first-order valence-electron chi connectivity index (χ1n) is 9.76. The van der Waals surface area contributed by atoms with Crippen molar-refractivity contribution >= 4 is 32.5 Å². The van der Waals surface area contributed by atoms with Crippen LogP contribution in [0.15, 0.2) is 53.4 Å². The Morgan fingerprint density at radius 2 is 1.77 bits per heavy atom. The number of rotatable bonds is 6. The van der Waals surface area contributed by atoms with E-state index in [1.807, 2.05) is 49.4 Å². The highest BCUT2D eigenvalue weighted by atomic mass is 32.2. The van der Waals surface area contributed by atoms with E-state index in [0.29, 0.717) is 17.6 Å². The Morgan fingerprint density at radius 3 is 2.43 bits per heavy atom. The highest BCUT2D eigenvalue weighted by molar-refractivity contribution is 7.92. The number of halogens is 1. The van der Waals surface area contributed by atoms with Crippen molar-refractivity contribution in [3.05, 3.63) is 60.2 Å². The van der Waals surface area contributed by atoms with Gasteiger partial charge in [0.1, 0.15) is 11.6 Å². The summed E-state index contributed by atoms with van der Waals surface area (Å²) in [5, 5.41) is 8.62. The van der Waals surface area contributed by atoms with Crippen molar-refractivity contribution in [2.45, 2.75) is 38.0 Å². The van der Waals surface area contributed by atoms with Crippen LogP contribution >= 0.6 is 0 Å². The van der Waals surface area contributed by atoms with E-state index >= 15 is 0 Å².